The van der Waals surface area contributed by atoms with E-state index in [4.69, 9.17) is 9.63 Å². The zero-order chi connectivity index (χ0) is 12.4. The highest BCUT2D eigenvalue weighted by Gasteiger charge is 2.27. The van der Waals surface area contributed by atoms with Gasteiger partial charge in [0.25, 0.3) is 5.95 Å². The number of hydrogen-bond acceptors (Lipinski definition) is 6. The Hall–Kier alpha value is -1.63. The van der Waals surface area contributed by atoms with Crippen LogP contribution in [0, 0.1) is 0 Å². The number of aromatic nitrogens is 2. The Bertz CT molecular complexity index is 404. The van der Waals surface area contributed by atoms with Crippen LogP contribution in [0.15, 0.2) is 4.52 Å². The van der Waals surface area contributed by atoms with Crippen LogP contribution in [0.5, 0.6) is 0 Å². The molecule has 2 rings (SSSR count). The van der Waals surface area contributed by atoms with Crippen molar-refractivity contribution in [1.29, 1.82) is 0 Å². The molecule has 2 heterocycles. The van der Waals surface area contributed by atoms with Crippen molar-refractivity contribution in [1.82, 2.24) is 15.5 Å². The third-order valence-electron chi connectivity index (χ3n) is 2.68. The van der Waals surface area contributed by atoms with E-state index in [0.717, 1.165) is 0 Å². The molecule has 1 atom stereocenters. The van der Waals surface area contributed by atoms with Gasteiger partial charge < -0.3 is 19.8 Å². The molecule has 7 heteroatoms. The lowest BCUT2D eigenvalue weighted by Crippen LogP contribution is -2.54. The Morgan fingerprint density at radius 2 is 2.41 bits per heavy atom. The number of piperazine rings is 1. The van der Waals surface area contributed by atoms with Crippen LogP contribution in [-0.2, 0) is 4.79 Å². The number of aliphatic carboxylic acids is 1. The van der Waals surface area contributed by atoms with E-state index in [2.05, 4.69) is 15.5 Å². The number of carboxylic acid groups (broad SMARTS) is 1. The molecule has 1 aromatic rings. The van der Waals surface area contributed by atoms with Gasteiger partial charge in [-0.3, -0.25) is 4.79 Å². The average molecular weight is 240 g/mol. The summed E-state index contributed by atoms with van der Waals surface area (Å²) in [6, 6.07) is -0.579. The molecule has 0 bridgehead atoms. The van der Waals surface area contributed by atoms with Crippen molar-refractivity contribution >= 4 is 11.9 Å². The average Bonchev–Trinajstić information content (AvgIpc) is 2.78. The topological polar surface area (TPSA) is 91.5 Å². The Kier molecular flexibility index (Phi) is 3.28. The molecule has 0 aliphatic carbocycles. The molecule has 0 radical (unpaired) electrons. The molecule has 0 aromatic carbocycles. The smallest absolute Gasteiger partial charge is 0.322 e. The summed E-state index contributed by atoms with van der Waals surface area (Å²) >= 11 is 0. The van der Waals surface area contributed by atoms with Gasteiger partial charge in [0, 0.05) is 25.6 Å². The third-order valence-corrected chi connectivity index (χ3v) is 2.68. The van der Waals surface area contributed by atoms with Crippen molar-refractivity contribution in [2.24, 2.45) is 0 Å². The number of nitrogens with zero attached hydrogens (tertiary/aromatic N) is 3. The minimum Gasteiger partial charge on any atom is -0.480 e. The maximum absolute atomic E-state index is 10.9. The monoisotopic (exact) mass is 240 g/mol. The number of nitrogens with one attached hydrogen (secondary N) is 1. The second-order valence-corrected chi connectivity index (χ2v) is 4.38. The largest absolute Gasteiger partial charge is 0.480 e. The van der Waals surface area contributed by atoms with Gasteiger partial charge >= 0.3 is 5.97 Å². The van der Waals surface area contributed by atoms with Gasteiger partial charge in [0.1, 0.15) is 6.04 Å². The summed E-state index contributed by atoms with van der Waals surface area (Å²) in [6.07, 6.45) is 0. The summed E-state index contributed by atoms with van der Waals surface area (Å²) in [5.41, 5.74) is 0. The van der Waals surface area contributed by atoms with Gasteiger partial charge in [0.15, 0.2) is 0 Å². The van der Waals surface area contributed by atoms with E-state index in [1.165, 1.54) is 0 Å². The minimum atomic E-state index is -0.859. The second-order valence-electron chi connectivity index (χ2n) is 4.38. The van der Waals surface area contributed by atoms with E-state index in [0.29, 0.717) is 31.5 Å². The van der Waals surface area contributed by atoms with Crippen molar-refractivity contribution in [3.05, 3.63) is 5.89 Å². The zero-order valence-electron chi connectivity index (χ0n) is 9.88. The third kappa shape index (κ3) is 2.55. The first-order valence-corrected chi connectivity index (χ1v) is 5.62. The van der Waals surface area contributed by atoms with Gasteiger partial charge in [-0.25, -0.2) is 0 Å². The highest BCUT2D eigenvalue weighted by Crippen LogP contribution is 2.17. The van der Waals surface area contributed by atoms with Crippen LogP contribution in [-0.4, -0.2) is 46.9 Å². The molecule has 7 nitrogen and oxygen atoms in total. The van der Waals surface area contributed by atoms with Crippen molar-refractivity contribution in [2.45, 2.75) is 25.8 Å². The van der Waals surface area contributed by atoms with Crippen LogP contribution in [0.2, 0.25) is 0 Å². The van der Waals surface area contributed by atoms with Crippen LogP contribution in [0.1, 0.15) is 25.7 Å². The van der Waals surface area contributed by atoms with E-state index in [1.54, 1.807) is 0 Å². The summed E-state index contributed by atoms with van der Waals surface area (Å²) in [5.74, 6) is 0.364. The van der Waals surface area contributed by atoms with Crippen LogP contribution < -0.4 is 10.2 Å². The second kappa shape index (κ2) is 4.70. The van der Waals surface area contributed by atoms with Crippen molar-refractivity contribution in [2.75, 3.05) is 24.5 Å². The fraction of sp³-hybridized carbons (Fsp3) is 0.700. The van der Waals surface area contributed by atoms with E-state index >= 15 is 0 Å². The highest BCUT2D eigenvalue weighted by molar-refractivity contribution is 5.74. The Morgan fingerprint density at radius 1 is 1.65 bits per heavy atom. The number of carboxylic acids is 1. The fourth-order valence-corrected chi connectivity index (χ4v) is 1.69. The lowest BCUT2D eigenvalue weighted by Gasteiger charge is -2.30. The van der Waals surface area contributed by atoms with Gasteiger partial charge in [0.05, 0.1) is 0 Å². The molecule has 94 valence electrons. The van der Waals surface area contributed by atoms with Gasteiger partial charge in [0.2, 0.25) is 5.89 Å². The number of rotatable bonds is 3. The maximum Gasteiger partial charge on any atom is 0.322 e. The summed E-state index contributed by atoms with van der Waals surface area (Å²) in [7, 11) is 0. The van der Waals surface area contributed by atoms with Crippen LogP contribution in [0.4, 0.5) is 5.95 Å². The summed E-state index contributed by atoms with van der Waals surface area (Å²) in [4.78, 5) is 17.0. The van der Waals surface area contributed by atoms with E-state index in [-0.39, 0.29) is 5.92 Å². The van der Waals surface area contributed by atoms with Gasteiger partial charge in [-0.2, -0.15) is 4.98 Å². The van der Waals surface area contributed by atoms with Crippen LogP contribution >= 0.6 is 0 Å². The predicted molar refractivity (Wildman–Crippen MR) is 60.0 cm³/mol. The van der Waals surface area contributed by atoms with Crippen LogP contribution in [0.3, 0.4) is 0 Å². The molecule has 0 unspecified atom stereocenters. The standard InChI is InChI=1S/C10H16N4O3/c1-6(2)8-12-10(13-17-8)14-4-3-11-7(5-14)9(15)16/h6-7,11H,3-5H2,1-2H3,(H,15,16)/t7-/m1/s1. The molecular weight excluding hydrogens is 224 g/mol. The van der Waals surface area contributed by atoms with E-state index < -0.39 is 12.0 Å². The maximum atomic E-state index is 10.9. The molecule has 1 saturated heterocycles. The molecule has 0 amide bonds. The Balaban J connectivity index is 2.08. The van der Waals surface area contributed by atoms with Crippen molar-refractivity contribution in [3.8, 4) is 0 Å². The zero-order valence-corrected chi connectivity index (χ0v) is 9.88. The Labute approximate surface area is 98.8 Å². The molecular formula is C10H16N4O3. The summed E-state index contributed by atoms with van der Waals surface area (Å²) < 4.78 is 5.10. The molecule has 1 fully saturated rings. The van der Waals surface area contributed by atoms with E-state index in [1.807, 2.05) is 18.7 Å². The first-order valence-electron chi connectivity index (χ1n) is 5.62. The molecule has 17 heavy (non-hydrogen) atoms. The summed E-state index contributed by atoms with van der Waals surface area (Å²) in [5, 5.41) is 15.7. The Morgan fingerprint density at radius 3 is 3.00 bits per heavy atom. The molecule has 1 aromatic heterocycles. The first-order chi connectivity index (χ1) is 8.08. The number of anilines is 1. The quantitative estimate of drug-likeness (QED) is 0.771. The molecule has 1 aliphatic rings. The van der Waals surface area contributed by atoms with Gasteiger partial charge in [-0.05, 0) is 5.16 Å². The summed E-state index contributed by atoms with van der Waals surface area (Å²) in [6.45, 7) is 5.57. The van der Waals surface area contributed by atoms with Crippen molar-refractivity contribution in [3.63, 3.8) is 0 Å². The van der Waals surface area contributed by atoms with Crippen molar-refractivity contribution < 1.29 is 14.4 Å². The van der Waals surface area contributed by atoms with E-state index in [9.17, 15) is 4.79 Å². The lowest BCUT2D eigenvalue weighted by atomic mass is 10.2. The van der Waals surface area contributed by atoms with Gasteiger partial charge in [-0.15, -0.1) is 0 Å². The predicted octanol–water partition coefficient (Wildman–Crippen LogP) is 0.0558. The SMILES string of the molecule is CC(C)c1nc(N2CCN[C@@H](C(=O)O)C2)no1. The molecule has 0 spiro atoms. The fourth-order valence-electron chi connectivity index (χ4n) is 1.69. The minimum absolute atomic E-state index is 0.175. The molecule has 1 aliphatic heterocycles. The molecule has 0 saturated carbocycles. The highest BCUT2D eigenvalue weighted by atomic mass is 16.5. The first kappa shape index (κ1) is 11.8. The van der Waals surface area contributed by atoms with Gasteiger partial charge in [-0.1, -0.05) is 13.8 Å². The molecule has 2 N–H and O–H groups in total. The normalized spacial score (nSPS) is 20.9. The van der Waals surface area contributed by atoms with Crippen LogP contribution in [0.25, 0.3) is 0 Å². The number of hydrogen-bond donors (Lipinski definition) is 2. The lowest BCUT2D eigenvalue weighted by molar-refractivity contribution is -0.139. The number of carbonyl (C=O) groups is 1.